The van der Waals surface area contributed by atoms with Crippen LogP contribution in [-0.4, -0.2) is 16.9 Å². The van der Waals surface area contributed by atoms with Gasteiger partial charge in [-0.05, 0) is 37.6 Å². The molecule has 0 aliphatic heterocycles. The van der Waals surface area contributed by atoms with Crippen LogP contribution in [0.2, 0.25) is 0 Å². The van der Waals surface area contributed by atoms with E-state index in [1.54, 1.807) is 19.1 Å². The quantitative estimate of drug-likeness (QED) is 0.678. The van der Waals surface area contributed by atoms with Gasteiger partial charge in [-0.2, -0.15) is 0 Å². The largest absolute Gasteiger partial charge is 0.481 e. The van der Waals surface area contributed by atoms with Crippen molar-refractivity contribution in [3.8, 4) is 5.75 Å². The van der Waals surface area contributed by atoms with Crippen LogP contribution in [0.25, 0.3) is 0 Å². The van der Waals surface area contributed by atoms with Crippen molar-refractivity contribution in [2.45, 2.75) is 20.0 Å². The second kappa shape index (κ2) is 6.71. The van der Waals surface area contributed by atoms with E-state index < -0.39 is 11.0 Å². The minimum atomic E-state index is -0.721. The molecule has 1 atom stereocenters. The third-order valence-corrected chi connectivity index (χ3v) is 3.00. The molecular formula is C16H16N2O4. The van der Waals surface area contributed by atoms with Gasteiger partial charge in [0.25, 0.3) is 11.6 Å². The molecule has 1 unspecified atom stereocenters. The number of nitrogens with one attached hydrogen (secondary N) is 1. The molecule has 6 nitrogen and oxygen atoms in total. The highest BCUT2D eigenvalue weighted by Crippen LogP contribution is 2.18. The van der Waals surface area contributed by atoms with Gasteiger partial charge in [-0.3, -0.25) is 14.9 Å². The average Bonchev–Trinajstić information content (AvgIpc) is 2.47. The molecule has 6 heteroatoms. The summed E-state index contributed by atoms with van der Waals surface area (Å²) in [5, 5.41) is 13.3. The first-order chi connectivity index (χ1) is 10.5. The Morgan fingerprint density at radius 1 is 1.23 bits per heavy atom. The van der Waals surface area contributed by atoms with Gasteiger partial charge >= 0.3 is 0 Å². The molecule has 0 aromatic heterocycles. The van der Waals surface area contributed by atoms with Gasteiger partial charge in [0.2, 0.25) is 0 Å². The number of benzene rings is 2. The van der Waals surface area contributed by atoms with Crippen LogP contribution in [0, 0.1) is 17.0 Å². The molecule has 0 aliphatic carbocycles. The Labute approximate surface area is 127 Å². The fourth-order valence-corrected chi connectivity index (χ4v) is 1.89. The molecule has 0 bridgehead atoms. The minimum Gasteiger partial charge on any atom is -0.481 e. The number of rotatable bonds is 5. The topological polar surface area (TPSA) is 81.5 Å². The number of hydrogen-bond acceptors (Lipinski definition) is 4. The van der Waals surface area contributed by atoms with E-state index in [1.165, 1.54) is 18.2 Å². The highest BCUT2D eigenvalue weighted by atomic mass is 16.6. The summed E-state index contributed by atoms with van der Waals surface area (Å²) in [6.45, 7) is 3.55. The molecule has 0 radical (unpaired) electrons. The van der Waals surface area contributed by atoms with Gasteiger partial charge in [0.05, 0.1) is 4.92 Å². The van der Waals surface area contributed by atoms with Crippen molar-refractivity contribution in [3.63, 3.8) is 0 Å². The summed E-state index contributed by atoms with van der Waals surface area (Å²) >= 11 is 0. The minimum absolute atomic E-state index is 0.0787. The monoisotopic (exact) mass is 300 g/mol. The number of carbonyl (C=O) groups excluding carboxylic acids is 1. The van der Waals surface area contributed by atoms with E-state index in [2.05, 4.69) is 5.32 Å². The van der Waals surface area contributed by atoms with Crippen LogP contribution in [0.5, 0.6) is 5.75 Å². The fourth-order valence-electron chi connectivity index (χ4n) is 1.89. The van der Waals surface area contributed by atoms with Gasteiger partial charge in [-0.25, -0.2) is 0 Å². The third kappa shape index (κ3) is 4.05. The maximum atomic E-state index is 12.1. The second-order valence-corrected chi connectivity index (χ2v) is 4.87. The molecule has 0 spiro atoms. The first-order valence-electron chi connectivity index (χ1n) is 6.74. The number of aryl methyl sites for hydroxylation is 1. The summed E-state index contributed by atoms with van der Waals surface area (Å²) in [4.78, 5) is 22.3. The molecule has 1 N–H and O–H groups in total. The van der Waals surface area contributed by atoms with Crippen LogP contribution in [-0.2, 0) is 4.79 Å². The first-order valence-corrected chi connectivity index (χ1v) is 6.74. The normalized spacial score (nSPS) is 11.5. The Morgan fingerprint density at radius 2 is 1.95 bits per heavy atom. The highest BCUT2D eigenvalue weighted by Gasteiger charge is 2.16. The van der Waals surface area contributed by atoms with E-state index in [1.807, 2.05) is 25.1 Å². The first kappa shape index (κ1) is 15.5. The predicted molar refractivity (Wildman–Crippen MR) is 83.0 cm³/mol. The Balaban J connectivity index is 2.02. The van der Waals surface area contributed by atoms with Crippen LogP contribution >= 0.6 is 0 Å². The molecule has 114 valence electrons. The van der Waals surface area contributed by atoms with E-state index in [0.29, 0.717) is 11.4 Å². The Morgan fingerprint density at radius 3 is 2.64 bits per heavy atom. The van der Waals surface area contributed by atoms with Crippen molar-refractivity contribution in [3.05, 3.63) is 64.2 Å². The maximum absolute atomic E-state index is 12.1. The second-order valence-electron chi connectivity index (χ2n) is 4.87. The Bertz CT molecular complexity index is 700. The van der Waals surface area contributed by atoms with Crippen molar-refractivity contribution >= 4 is 17.3 Å². The molecule has 0 saturated carbocycles. The van der Waals surface area contributed by atoms with Gasteiger partial charge in [0.15, 0.2) is 6.10 Å². The van der Waals surface area contributed by atoms with E-state index >= 15 is 0 Å². The summed E-state index contributed by atoms with van der Waals surface area (Å²) in [6, 6.07) is 13.1. The molecule has 2 aromatic rings. The van der Waals surface area contributed by atoms with Crippen molar-refractivity contribution in [2.75, 3.05) is 5.32 Å². The molecule has 0 fully saturated rings. The molecule has 0 heterocycles. The number of amides is 1. The standard InChI is InChI=1S/C16H16N2O4/c1-11-5-3-8-15(9-11)22-12(2)16(19)17-13-6-4-7-14(10-13)18(20)21/h3-10,12H,1-2H3,(H,17,19). The third-order valence-electron chi connectivity index (χ3n) is 3.00. The number of nitrogens with zero attached hydrogens (tertiary/aromatic N) is 1. The molecule has 1 amide bonds. The van der Waals surface area contributed by atoms with Crippen LogP contribution in [0.15, 0.2) is 48.5 Å². The summed E-state index contributed by atoms with van der Waals surface area (Å²) in [5.41, 5.74) is 1.31. The molecule has 2 rings (SSSR count). The average molecular weight is 300 g/mol. The summed E-state index contributed by atoms with van der Waals surface area (Å²) in [5.74, 6) is 0.226. The lowest BCUT2D eigenvalue weighted by atomic mass is 10.2. The van der Waals surface area contributed by atoms with Crippen LogP contribution in [0.1, 0.15) is 12.5 Å². The summed E-state index contributed by atoms with van der Waals surface area (Å²) in [7, 11) is 0. The number of non-ortho nitro benzene ring substituents is 1. The number of anilines is 1. The van der Waals surface area contributed by atoms with Gasteiger partial charge in [-0.15, -0.1) is 0 Å². The zero-order valence-electron chi connectivity index (χ0n) is 12.3. The zero-order valence-corrected chi connectivity index (χ0v) is 12.3. The SMILES string of the molecule is Cc1cccc(OC(C)C(=O)Nc2cccc([N+](=O)[O-])c2)c1. The number of nitro benzene ring substituents is 1. The lowest BCUT2D eigenvalue weighted by Gasteiger charge is -2.15. The van der Waals surface area contributed by atoms with Gasteiger partial charge in [0.1, 0.15) is 5.75 Å². The molecule has 0 saturated heterocycles. The molecule has 0 aliphatic rings. The molecule has 22 heavy (non-hydrogen) atoms. The van der Waals surface area contributed by atoms with Crippen molar-refractivity contribution in [1.82, 2.24) is 0 Å². The number of ether oxygens (including phenoxy) is 1. The van der Waals surface area contributed by atoms with Crippen molar-refractivity contribution < 1.29 is 14.5 Å². The highest BCUT2D eigenvalue weighted by molar-refractivity contribution is 5.94. The molecule has 2 aromatic carbocycles. The predicted octanol–water partition coefficient (Wildman–Crippen LogP) is 3.31. The summed E-state index contributed by atoms with van der Waals surface area (Å²) < 4.78 is 5.56. The number of nitro groups is 1. The smallest absolute Gasteiger partial charge is 0.271 e. The number of hydrogen-bond donors (Lipinski definition) is 1. The van der Waals surface area contributed by atoms with Crippen molar-refractivity contribution in [2.24, 2.45) is 0 Å². The van der Waals surface area contributed by atoms with Crippen LogP contribution in [0.3, 0.4) is 0 Å². The lowest BCUT2D eigenvalue weighted by molar-refractivity contribution is -0.384. The number of carbonyl (C=O) groups is 1. The van der Waals surface area contributed by atoms with Crippen LogP contribution in [0.4, 0.5) is 11.4 Å². The van der Waals surface area contributed by atoms with Crippen molar-refractivity contribution in [1.29, 1.82) is 0 Å². The van der Waals surface area contributed by atoms with Gasteiger partial charge < -0.3 is 10.1 Å². The van der Waals surface area contributed by atoms with E-state index in [-0.39, 0.29) is 11.6 Å². The van der Waals surface area contributed by atoms with Gasteiger partial charge in [0, 0.05) is 17.8 Å². The fraction of sp³-hybridized carbons (Fsp3) is 0.188. The van der Waals surface area contributed by atoms with Gasteiger partial charge in [-0.1, -0.05) is 18.2 Å². The molecular weight excluding hydrogens is 284 g/mol. The Hall–Kier alpha value is -2.89. The summed E-state index contributed by atoms with van der Waals surface area (Å²) in [6.07, 6.45) is -0.721. The Kier molecular flexibility index (Phi) is 4.73. The van der Waals surface area contributed by atoms with Crippen LogP contribution < -0.4 is 10.1 Å². The lowest BCUT2D eigenvalue weighted by Crippen LogP contribution is -2.30. The zero-order chi connectivity index (χ0) is 16.1. The maximum Gasteiger partial charge on any atom is 0.271 e. The van der Waals surface area contributed by atoms with E-state index in [0.717, 1.165) is 5.56 Å². The van der Waals surface area contributed by atoms with E-state index in [9.17, 15) is 14.9 Å². The van der Waals surface area contributed by atoms with E-state index in [4.69, 9.17) is 4.74 Å².